The minimum Gasteiger partial charge on any atom is -0.508 e. The summed E-state index contributed by atoms with van der Waals surface area (Å²) in [6, 6.07) is 11.2. The molecule has 226 valence electrons. The predicted octanol–water partition coefficient (Wildman–Crippen LogP) is 4.45. The van der Waals surface area contributed by atoms with Crippen molar-refractivity contribution in [2.24, 2.45) is 17.8 Å². The number of hydrogen-bond donors (Lipinski definition) is 2. The van der Waals surface area contributed by atoms with E-state index in [2.05, 4.69) is 15.9 Å². The summed E-state index contributed by atoms with van der Waals surface area (Å²) >= 11 is 17.7. The molecule has 0 aromatic heterocycles. The molecule has 12 heteroatoms. The van der Waals surface area contributed by atoms with Crippen molar-refractivity contribution in [2.45, 2.75) is 41.9 Å². The molecule has 2 saturated heterocycles. The average molecular weight is 692 g/mol. The molecule has 2 aromatic carbocycles. The third-order valence-electron chi connectivity index (χ3n) is 9.28. The van der Waals surface area contributed by atoms with Crippen molar-refractivity contribution in [2.75, 3.05) is 18.6 Å². The molecule has 1 saturated carbocycles. The van der Waals surface area contributed by atoms with Crippen LogP contribution in [0.15, 0.2) is 54.1 Å². The summed E-state index contributed by atoms with van der Waals surface area (Å²) in [6.07, 6.45) is 2.44. The fourth-order valence-electron chi connectivity index (χ4n) is 7.30. The van der Waals surface area contributed by atoms with Gasteiger partial charge in [-0.15, -0.1) is 23.2 Å². The van der Waals surface area contributed by atoms with Crippen LogP contribution in [0.25, 0.3) is 0 Å². The quantitative estimate of drug-likeness (QED) is 0.190. The molecular weight excluding hydrogens is 663 g/mol. The number of imide groups is 2. The van der Waals surface area contributed by atoms with Gasteiger partial charge in [-0.2, -0.15) is 0 Å². The van der Waals surface area contributed by atoms with Crippen molar-refractivity contribution < 1.29 is 34.1 Å². The average Bonchev–Trinajstić information content (AvgIpc) is 3.31. The van der Waals surface area contributed by atoms with E-state index in [1.165, 1.54) is 11.0 Å². The molecule has 4 amide bonds. The second-order valence-corrected chi connectivity index (χ2v) is 13.1. The molecule has 6 rings (SSSR count). The number of nitrogens with zero attached hydrogens (tertiary/aromatic N) is 2. The lowest BCUT2D eigenvalue weighted by Crippen LogP contribution is -2.60. The highest BCUT2D eigenvalue weighted by atomic mass is 79.9. The Balaban J connectivity index is 1.42. The van der Waals surface area contributed by atoms with Gasteiger partial charge in [-0.25, -0.2) is 0 Å². The Labute approximate surface area is 266 Å². The van der Waals surface area contributed by atoms with Crippen molar-refractivity contribution in [3.63, 3.8) is 0 Å². The second-order valence-electron chi connectivity index (χ2n) is 11.4. The van der Waals surface area contributed by atoms with E-state index < -0.39 is 45.2 Å². The van der Waals surface area contributed by atoms with Gasteiger partial charge in [0.05, 0.1) is 23.9 Å². The molecule has 0 bridgehead atoms. The Morgan fingerprint density at radius 2 is 1.70 bits per heavy atom. The minimum atomic E-state index is -1.93. The number of halogens is 3. The van der Waals surface area contributed by atoms with Gasteiger partial charge in [0.2, 0.25) is 11.8 Å². The first-order valence-corrected chi connectivity index (χ1v) is 15.9. The molecular formula is C31H29BrCl2N2O7. The third-order valence-corrected chi connectivity index (χ3v) is 11.2. The molecule has 43 heavy (non-hydrogen) atoms. The lowest BCUT2D eigenvalue weighted by molar-refractivity contribution is -0.141. The van der Waals surface area contributed by atoms with E-state index >= 15 is 0 Å². The number of fused-ring (bicyclic) bond motifs is 4. The van der Waals surface area contributed by atoms with Crippen LogP contribution < -0.4 is 4.74 Å². The maximum atomic E-state index is 14.0. The Morgan fingerprint density at radius 1 is 0.977 bits per heavy atom. The van der Waals surface area contributed by atoms with E-state index in [9.17, 15) is 29.4 Å². The van der Waals surface area contributed by atoms with E-state index in [1.54, 1.807) is 43.3 Å². The Hall–Kier alpha value is -3.08. The summed E-state index contributed by atoms with van der Waals surface area (Å²) in [7, 11) is 0. The molecule has 2 N–H and O–H groups in total. The van der Waals surface area contributed by atoms with E-state index in [1.807, 2.05) is 6.08 Å². The number of benzene rings is 2. The van der Waals surface area contributed by atoms with Gasteiger partial charge in [-0.3, -0.25) is 29.0 Å². The molecule has 2 heterocycles. The summed E-state index contributed by atoms with van der Waals surface area (Å²) in [4.78, 5) is 53.7. The number of hydrogen-bond acceptors (Lipinski definition) is 7. The molecule has 4 aliphatic rings. The Morgan fingerprint density at radius 3 is 2.37 bits per heavy atom. The van der Waals surface area contributed by atoms with Gasteiger partial charge >= 0.3 is 0 Å². The number of amides is 4. The van der Waals surface area contributed by atoms with Crippen molar-refractivity contribution in [3.8, 4) is 17.2 Å². The molecule has 6 unspecified atom stereocenters. The maximum Gasteiger partial charge on any atom is 0.254 e. The molecule has 0 radical (unpaired) electrons. The van der Waals surface area contributed by atoms with Crippen molar-refractivity contribution in [1.82, 2.24) is 9.80 Å². The zero-order valence-electron chi connectivity index (χ0n) is 23.1. The van der Waals surface area contributed by atoms with E-state index in [4.69, 9.17) is 27.9 Å². The third kappa shape index (κ3) is 4.31. The van der Waals surface area contributed by atoms with Crippen LogP contribution in [-0.2, 0) is 25.6 Å². The van der Waals surface area contributed by atoms with Gasteiger partial charge in [-0.1, -0.05) is 45.8 Å². The van der Waals surface area contributed by atoms with Crippen LogP contribution in [0.3, 0.4) is 0 Å². The predicted molar refractivity (Wildman–Crippen MR) is 161 cm³/mol. The highest BCUT2D eigenvalue weighted by molar-refractivity contribution is 9.09. The van der Waals surface area contributed by atoms with Crippen molar-refractivity contribution in [1.29, 1.82) is 0 Å². The summed E-state index contributed by atoms with van der Waals surface area (Å²) in [5, 5.41) is 20.0. The molecule has 2 aliphatic carbocycles. The molecule has 9 nitrogen and oxygen atoms in total. The smallest absolute Gasteiger partial charge is 0.254 e. The van der Waals surface area contributed by atoms with Crippen molar-refractivity contribution >= 4 is 62.8 Å². The maximum absolute atomic E-state index is 14.0. The number of likely N-dealkylation sites (tertiary alicyclic amines) is 2. The zero-order valence-corrected chi connectivity index (χ0v) is 26.2. The number of ether oxygens (including phenoxy) is 1. The summed E-state index contributed by atoms with van der Waals surface area (Å²) in [6.45, 7) is 2.20. The summed E-state index contributed by atoms with van der Waals surface area (Å²) in [5.41, 5.74) is 1.91. The number of rotatable bonds is 7. The fourth-order valence-corrected chi connectivity index (χ4v) is 8.72. The van der Waals surface area contributed by atoms with Gasteiger partial charge in [-0.05, 0) is 67.5 Å². The highest BCUT2D eigenvalue weighted by Crippen LogP contribution is 2.65. The largest absolute Gasteiger partial charge is 0.508 e. The number of carbonyl (C=O) groups excluding carboxylic acids is 4. The first kappa shape index (κ1) is 30.0. The highest BCUT2D eigenvalue weighted by Gasteiger charge is 2.76. The number of aromatic hydroxyl groups is 2. The zero-order chi connectivity index (χ0) is 30.8. The lowest BCUT2D eigenvalue weighted by atomic mass is 9.56. The van der Waals surface area contributed by atoms with Gasteiger partial charge in [0, 0.05) is 12.5 Å². The van der Waals surface area contributed by atoms with Crippen LogP contribution in [0.5, 0.6) is 17.2 Å². The Kier molecular flexibility index (Phi) is 7.54. The topological polar surface area (TPSA) is 124 Å². The van der Waals surface area contributed by atoms with Gasteiger partial charge < -0.3 is 14.9 Å². The summed E-state index contributed by atoms with van der Waals surface area (Å²) < 4.78 is 5.61. The Bertz CT molecular complexity index is 1570. The number of alkyl halides is 3. The molecule has 3 fully saturated rings. The van der Waals surface area contributed by atoms with E-state index in [0.29, 0.717) is 17.6 Å². The van der Waals surface area contributed by atoms with E-state index in [-0.39, 0.29) is 60.5 Å². The van der Waals surface area contributed by atoms with Crippen molar-refractivity contribution in [3.05, 3.63) is 65.2 Å². The van der Waals surface area contributed by atoms with Crippen LogP contribution in [0.4, 0.5) is 0 Å². The van der Waals surface area contributed by atoms with Gasteiger partial charge in [0.15, 0.2) is 21.2 Å². The van der Waals surface area contributed by atoms with Crippen LogP contribution in [0.2, 0.25) is 0 Å². The molecule has 0 spiro atoms. The van der Waals surface area contributed by atoms with E-state index in [0.717, 1.165) is 10.5 Å². The number of allylic oxidation sites excluding steroid dienone is 2. The van der Waals surface area contributed by atoms with Crippen LogP contribution in [0, 0.1) is 17.8 Å². The normalized spacial score (nSPS) is 31.6. The number of carbonyl (C=O) groups is 4. The SMILES string of the molecule is CCOc1cc(C2C3=CCC4C(=O)N(CCc5ccc(O)cc5)C(=O)C4C3CC3(Cl)C(=O)N(CBr)C(=O)C23Cl)ccc1O. The molecule has 2 aromatic rings. The fraction of sp³-hybridized carbons (Fsp3) is 0.419. The first-order valence-electron chi connectivity index (χ1n) is 14.1. The van der Waals surface area contributed by atoms with Crippen LogP contribution in [-0.4, -0.2) is 72.0 Å². The number of phenols is 2. The monoisotopic (exact) mass is 690 g/mol. The summed E-state index contributed by atoms with van der Waals surface area (Å²) in [5.74, 6) is -4.76. The van der Waals surface area contributed by atoms with Crippen LogP contribution >= 0.6 is 39.1 Å². The minimum absolute atomic E-state index is 0.100. The first-order chi connectivity index (χ1) is 20.5. The lowest BCUT2D eigenvalue weighted by Gasteiger charge is -2.50. The second kappa shape index (κ2) is 10.8. The molecule has 2 aliphatic heterocycles. The van der Waals surface area contributed by atoms with Gasteiger partial charge in [0.1, 0.15) is 5.75 Å². The van der Waals surface area contributed by atoms with Gasteiger partial charge in [0.25, 0.3) is 11.8 Å². The molecule has 6 atom stereocenters. The number of phenolic OH excluding ortho intramolecular Hbond substituents is 2. The van der Waals surface area contributed by atoms with Crippen LogP contribution in [0.1, 0.15) is 36.8 Å². The standard InChI is InChI=1S/C31H29BrCl2N2O7/c1-2-43-23-13-17(5-10-22(23)38)25-19-8-9-20-24(21(19)14-30(33)28(41)36(15-32)29(42)31(25,30)34)27(40)35(26(20)39)12-11-16-3-6-18(37)7-4-16/h3-8,10,13,20-21,24-25,37-38H,2,9,11-12,14-15H2,1H3.